The number of hydrogen-bond acceptors (Lipinski definition) is 8. The van der Waals surface area contributed by atoms with E-state index >= 15 is 0 Å². The average Bonchev–Trinajstić information content (AvgIpc) is 2.77. The number of nitrogens with zero attached hydrogens (tertiary/aromatic N) is 2. The lowest BCUT2D eigenvalue weighted by atomic mass is 10.3. The lowest BCUT2D eigenvalue weighted by Crippen LogP contribution is -2.13. The van der Waals surface area contributed by atoms with Crippen LogP contribution in [0.5, 0.6) is 11.5 Å². The minimum absolute atomic E-state index is 0.0274. The Hall–Kier alpha value is -2.52. The number of rotatable bonds is 15. The molecule has 0 radical (unpaired) electrons. The Bertz CT molecular complexity index is 691. The van der Waals surface area contributed by atoms with Crippen LogP contribution < -0.4 is 9.47 Å². The van der Waals surface area contributed by atoms with Gasteiger partial charge in [-0.05, 0) is 48.5 Å². The molecule has 0 amide bonds. The first kappa shape index (κ1) is 22.8. The molecule has 2 aromatic rings. The predicted octanol–water partition coefficient (Wildman–Crippen LogP) is 3.53. The molecule has 0 aromatic heterocycles. The normalized spacial score (nSPS) is 11.1. The Labute approximate surface area is 171 Å². The molecule has 0 atom stereocenters. The van der Waals surface area contributed by atoms with Crippen molar-refractivity contribution >= 4 is 11.4 Å². The summed E-state index contributed by atoms with van der Waals surface area (Å²) in [7, 11) is 1.63. The van der Waals surface area contributed by atoms with E-state index in [4.69, 9.17) is 28.8 Å². The van der Waals surface area contributed by atoms with Gasteiger partial charge in [-0.1, -0.05) is 0 Å². The summed E-state index contributed by atoms with van der Waals surface area (Å²) in [6.07, 6.45) is 0. The van der Waals surface area contributed by atoms with Gasteiger partial charge in [-0.25, -0.2) is 0 Å². The maximum absolute atomic E-state index is 8.56. The monoisotopic (exact) mass is 404 g/mol. The summed E-state index contributed by atoms with van der Waals surface area (Å²) >= 11 is 0. The van der Waals surface area contributed by atoms with Gasteiger partial charge in [0.05, 0.1) is 64.7 Å². The molecule has 0 spiro atoms. The van der Waals surface area contributed by atoms with Crippen LogP contribution in [0.3, 0.4) is 0 Å². The molecule has 2 rings (SSSR count). The maximum atomic E-state index is 8.56. The molecule has 0 saturated heterocycles. The van der Waals surface area contributed by atoms with Gasteiger partial charge in [-0.3, -0.25) is 0 Å². The zero-order valence-electron chi connectivity index (χ0n) is 16.7. The molecule has 0 aliphatic rings. The van der Waals surface area contributed by atoms with Gasteiger partial charge in [0.1, 0.15) is 18.1 Å². The number of aliphatic hydroxyl groups excluding tert-OH is 1. The predicted molar refractivity (Wildman–Crippen MR) is 109 cm³/mol. The van der Waals surface area contributed by atoms with Crippen molar-refractivity contribution < 1.29 is 28.8 Å². The molecule has 0 saturated carbocycles. The highest BCUT2D eigenvalue weighted by molar-refractivity contribution is 5.44. The smallest absolute Gasteiger partial charge is 0.119 e. The highest BCUT2D eigenvalue weighted by Crippen LogP contribution is 2.22. The molecule has 29 heavy (non-hydrogen) atoms. The van der Waals surface area contributed by atoms with Crippen LogP contribution in [0, 0.1) is 0 Å². The van der Waals surface area contributed by atoms with Crippen molar-refractivity contribution in [3.63, 3.8) is 0 Å². The van der Waals surface area contributed by atoms with E-state index in [9.17, 15) is 0 Å². The molecular weight excluding hydrogens is 376 g/mol. The summed E-state index contributed by atoms with van der Waals surface area (Å²) in [5.41, 5.74) is 1.49. The molecule has 158 valence electrons. The number of methoxy groups -OCH3 is 1. The van der Waals surface area contributed by atoms with Gasteiger partial charge in [-0.2, -0.15) is 10.2 Å². The fourth-order valence-corrected chi connectivity index (χ4v) is 2.20. The fourth-order valence-electron chi connectivity index (χ4n) is 2.20. The molecule has 0 aliphatic heterocycles. The zero-order chi connectivity index (χ0) is 20.6. The number of azo groups is 1. The number of ether oxygens (including phenoxy) is 5. The maximum Gasteiger partial charge on any atom is 0.119 e. The van der Waals surface area contributed by atoms with Crippen molar-refractivity contribution in [2.75, 3.05) is 60.0 Å². The summed E-state index contributed by atoms with van der Waals surface area (Å²) in [4.78, 5) is 0. The largest absolute Gasteiger partial charge is 0.497 e. The third-order valence-electron chi connectivity index (χ3n) is 3.67. The Balaban J connectivity index is 1.56. The van der Waals surface area contributed by atoms with E-state index in [1.807, 2.05) is 48.5 Å². The van der Waals surface area contributed by atoms with Gasteiger partial charge >= 0.3 is 0 Å². The second-order valence-electron chi connectivity index (χ2n) is 5.80. The van der Waals surface area contributed by atoms with Gasteiger partial charge in [0.15, 0.2) is 0 Å². The molecule has 8 nitrogen and oxygen atoms in total. The molecule has 0 heterocycles. The van der Waals surface area contributed by atoms with E-state index in [1.54, 1.807) is 7.11 Å². The molecule has 0 fully saturated rings. The van der Waals surface area contributed by atoms with Gasteiger partial charge in [0.25, 0.3) is 0 Å². The molecular formula is C21H28N2O6. The molecule has 0 unspecified atom stereocenters. The third-order valence-corrected chi connectivity index (χ3v) is 3.67. The van der Waals surface area contributed by atoms with Crippen LogP contribution in [0.15, 0.2) is 58.8 Å². The average molecular weight is 404 g/mol. The first-order valence-electron chi connectivity index (χ1n) is 9.44. The van der Waals surface area contributed by atoms with Crippen LogP contribution in [-0.2, 0) is 14.2 Å². The molecule has 8 heteroatoms. The number of hydrogen-bond donors (Lipinski definition) is 1. The lowest BCUT2D eigenvalue weighted by molar-refractivity contribution is 0.00361. The number of benzene rings is 2. The van der Waals surface area contributed by atoms with Crippen molar-refractivity contribution in [1.82, 2.24) is 0 Å². The third kappa shape index (κ3) is 10.00. The van der Waals surface area contributed by atoms with Gasteiger partial charge in [0.2, 0.25) is 0 Å². The Morgan fingerprint density at radius 2 is 1.07 bits per heavy atom. The van der Waals surface area contributed by atoms with Crippen LogP contribution in [0.1, 0.15) is 0 Å². The van der Waals surface area contributed by atoms with E-state index < -0.39 is 0 Å². The van der Waals surface area contributed by atoms with Crippen molar-refractivity contribution in [3.8, 4) is 11.5 Å². The van der Waals surface area contributed by atoms with E-state index in [0.717, 1.165) is 22.9 Å². The fraction of sp³-hybridized carbons (Fsp3) is 0.429. The Morgan fingerprint density at radius 3 is 1.55 bits per heavy atom. The summed E-state index contributed by atoms with van der Waals surface area (Å²) in [6.45, 7) is 3.24. The van der Waals surface area contributed by atoms with Crippen molar-refractivity contribution in [2.45, 2.75) is 0 Å². The second-order valence-corrected chi connectivity index (χ2v) is 5.80. The Kier molecular flexibility index (Phi) is 11.4. The summed E-state index contributed by atoms with van der Waals surface area (Å²) < 4.78 is 26.6. The van der Waals surface area contributed by atoms with E-state index in [2.05, 4.69) is 10.2 Å². The first-order chi connectivity index (χ1) is 14.3. The first-order valence-corrected chi connectivity index (χ1v) is 9.44. The minimum atomic E-state index is 0.0274. The van der Waals surface area contributed by atoms with E-state index in [1.165, 1.54) is 0 Å². The second kappa shape index (κ2) is 14.5. The van der Waals surface area contributed by atoms with Crippen molar-refractivity contribution in [3.05, 3.63) is 48.5 Å². The highest BCUT2D eigenvalue weighted by Gasteiger charge is 1.97. The SMILES string of the molecule is COc1ccc(N=Nc2ccc(OCCOCCOCCOCCO)cc2)cc1. The summed E-state index contributed by atoms with van der Waals surface area (Å²) in [5.74, 6) is 1.53. The van der Waals surface area contributed by atoms with Crippen molar-refractivity contribution in [1.29, 1.82) is 0 Å². The summed E-state index contributed by atoms with van der Waals surface area (Å²) in [5, 5.41) is 17.0. The highest BCUT2D eigenvalue weighted by atomic mass is 16.6. The van der Waals surface area contributed by atoms with Crippen LogP contribution in [0.4, 0.5) is 11.4 Å². The Morgan fingerprint density at radius 1 is 0.621 bits per heavy atom. The van der Waals surface area contributed by atoms with Crippen LogP contribution in [-0.4, -0.2) is 65.1 Å². The van der Waals surface area contributed by atoms with Crippen LogP contribution in [0.25, 0.3) is 0 Å². The topological polar surface area (TPSA) is 91.1 Å². The summed E-state index contributed by atoms with van der Waals surface area (Å²) in [6, 6.07) is 14.7. The van der Waals surface area contributed by atoms with Crippen LogP contribution in [0.2, 0.25) is 0 Å². The molecule has 1 N–H and O–H groups in total. The van der Waals surface area contributed by atoms with Gasteiger partial charge in [-0.15, -0.1) is 0 Å². The van der Waals surface area contributed by atoms with E-state index in [0.29, 0.717) is 46.2 Å². The van der Waals surface area contributed by atoms with E-state index in [-0.39, 0.29) is 6.61 Å². The number of aliphatic hydroxyl groups is 1. The quantitative estimate of drug-likeness (QED) is 0.361. The van der Waals surface area contributed by atoms with Crippen molar-refractivity contribution in [2.24, 2.45) is 10.2 Å². The molecule has 0 aliphatic carbocycles. The molecule has 2 aromatic carbocycles. The van der Waals surface area contributed by atoms with Gasteiger partial charge in [0, 0.05) is 0 Å². The lowest BCUT2D eigenvalue weighted by Gasteiger charge is -2.08. The minimum Gasteiger partial charge on any atom is -0.497 e. The van der Waals surface area contributed by atoms with Gasteiger partial charge < -0.3 is 28.8 Å². The van der Waals surface area contributed by atoms with Crippen LogP contribution >= 0.6 is 0 Å². The standard InChI is InChI=1S/C21H28N2O6/c1-25-20-6-2-18(3-7-20)22-23-19-4-8-21(9-5-19)29-17-16-28-15-14-27-13-12-26-11-10-24/h2-9,24H,10-17H2,1H3. The zero-order valence-corrected chi connectivity index (χ0v) is 16.7. The molecule has 0 bridgehead atoms.